The van der Waals surface area contributed by atoms with Crippen molar-refractivity contribution in [2.45, 2.75) is 32.2 Å². The number of hydrogen-bond donors (Lipinski definition) is 1. The molecule has 0 aliphatic heterocycles. The third kappa shape index (κ3) is 3.20. The fraction of sp³-hybridized carbons (Fsp3) is 0.500. The molecule has 0 bridgehead atoms. The summed E-state index contributed by atoms with van der Waals surface area (Å²) in [5.74, 6) is -6.58. The van der Waals surface area contributed by atoms with E-state index in [0.29, 0.717) is 12.1 Å². The van der Waals surface area contributed by atoms with Crippen molar-refractivity contribution in [3.63, 3.8) is 0 Å². The number of hydrogen-bond acceptors (Lipinski definition) is 1. The summed E-state index contributed by atoms with van der Waals surface area (Å²) >= 11 is 0. The van der Waals surface area contributed by atoms with Crippen molar-refractivity contribution in [2.24, 2.45) is 0 Å². The summed E-state index contributed by atoms with van der Waals surface area (Å²) in [7, 11) is 0. The summed E-state index contributed by atoms with van der Waals surface area (Å²) in [5.41, 5.74) is -0.896. The minimum absolute atomic E-state index is 0.0862. The average Bonchev–Trinajstić information content (AvgIpc) is 2.31. The minimum atomic E-state index is -4.50. The maximum atomic E-state index is 13.6. The highest BCUT2D eigenvalue weighted by Gasteiger charge is 2.50. The van der Waals surface area contributed by atoms with Crippen molar-refractivity contribution < 1.29 is 26.3 Å². The molecule has 0 saturated carbocycles. The predicted molar refractivity (Wildman–Crippen MR) is 58.5 cm³/mol. The van der Waals surface area contributed by atoms with Gasteiger partial charge in [0.15, 0.2) is 0 Å². The van der Waals surface area contributed by atoms with Crippen LogP contribution in [0, 0.1) is 18.6 Å². The van der Waals surface area contributed by atoms with E-state index in [1.54, 1.807) is 0 Å². The molecule has 0 fully saturated rings. The molecule has 1 nitrogen and oxygen atoms in total. The van der Waals surface area contributed by atoms with E-state index in [2.05, 4.69) is 5.32 Å². The minimum Gasteiger partial charge on any atom is -0.305 e. The van der Waals surface area contributed by atoms with E-state index in [9.17, 15) is 26.3 Å². The standard InChI is InChI=1S/C12H13F6N/c1-3-19-10(12(17,18)11(15)16)7-5-8(13)6(2)4-9(7)14/h4-5,10-11,19H,3H2,1-2H3. The van der Waals surface area contributed by atoms with E-state index >= 15 is 0 Å². The lowest BCUT2D eigenvalue weighted by Crippen LogP contribution is -2.43. The summed E-state index contributed by atoms with van der Waals surface area (Å²) in [6.45, 7) is 2.55. The number of halogens is 6. The van der Waals surface area contributed by atoms with Gasteiger partial charge in [-0.25, -0.2) is 17.6 Å². The summed E-state index contributed by atoms with van der Waals surface area (Å²) in [6.07, 6.45) is -3.99. The monoisotopic (exact) mass is 285 g/mol. The highest BCUT2D eigenvalue weighted by Crippen LogP contribution is 2.38. The lowest BCUT2D eigenvalue weighted by Gasteiger charge is -2.27. The number of benzene rings is 1. The Balaban J connectivity index is 3.31. The number of alkyl halides is 4. The van der Waals surface area contributed by atoms with Gasteiger partial charge in [0.25, 0.3) is 0 Å². The van der Waals surface area contributed by atoms with Crippen LogP contribution in [0.1, 0.15) is 24.1 Å². The molecule has 1 aromatic rings. The number of rotatable bonds is 5. The van der Waals surface area contributed by atoms with Crippen LogP contribution in [0.25, 0.3) is 0 Å². The zero-order valence-electron chi connectivity index (χ0n) is 10.3. The zero-order chi connectivity index (χ0) is 14.8. The summed E-state index contributed by atoms with van der Waals surface area (Å²) in [5, 5.41) is 2.07. The zero-order valence-corrected chi connectivity index (χ0v) is 10.3. The van der Waals surface area contributed by atoms with Crippen LogP contribution in [0.2, 0.25) is 0 Å². The second-order valence-corrected chi connectivity index (χ2v) is 4.09. The molecule has 0 radical (unpaired) electrons. The molecule has 0 amide bonds. The Kier molecular flexibility index (Phi) is 4.84. The molecule has 0 spiro atoms. The molecule has 0 aliphatic carbocycles. The Bertz CT molecular complexity index is 446. The second-order valence-electron chi connectivity index (χ2n) is 4.09. The molecular weight excluding hydrogens is 272 g/mol. The highest BCUT2D eigenvalue weighted by molar-refractivity contribution is 5.29. The van der Waals surface area contributed by atoms with E-state index in [0.717, 1.165) is 0 Å². The molecule has 1 atom stereocenters. The van der Waals surface area contributed by atoms with E-state index in [4.69, 9.17) is 0 Å². The quantitative estimate of drug-likeness (QED) is 0.811. The highest BCUT2D eigenvalue weighted by atomic mass is 19.3. The topological polar surface area (TPSA) is 12.0 Å². The van der Waals surface area contributed by atoms with Crippen LogP contribution in [-0.2, 0) is 0 Å². The Labute approximate surface area is 106 Å². The van der Waals surface area contributed by atoms with Crippen LogP contribution in [0.4, 0.5) is 26.3 Å². The lowest BCUT2D eigenvalue weighted by atomic mass is 9.98. The van der Waals surface area contributed by atoms with Gasteiger partial charge < -0.3 is 5.32 Å². The van der Waals surface area contributed by atoms with Gasteiger partial charge in [0.1, 0.15) is 17.7 Å². The summed E-state index contributed by atoms with van der Waals surface area (Å²) in [6, 6.07) is -1.06. The fourth-order valence-electron chi connectivity index (χ4n) is 1.67. The third-order valence-corrected chi connectivity index (χ3v) is 2.67. The molecule has 1 aromatic carbocycles. The maximum absolute atomic E-state index is 13.6. The average molecular weight is 285 g/mol. The second kappa shape index (κ2) is 5.81. The van der Waals surface area contributed by atoms with Crippen molar-refractivity contribution in [3.05, 3.63) is 34.9 Å². The van der Waals surface area contributed by atoms with Gasteiger partial charge in [0.05, 0.1) is 0 Å². The van der Waals surface area contributed by atoms with Gasteiger partial charge in [-0.2, -0.15) is 8.78 Å². The number of aryl methyl sites for hydroxylation is 1. The first kappa shape index (κ1) is 15.8. The molecule has 0 aromatic heterocycles. The first-order valence-corrected chi connectivity index (χ1v) is 5.56. The van der Waals surface area contributed by atoms with E-state index in [1.165, 1.54) is 13.8 Å². The van der Waals surface area contributed by atoms with Crippen molar-refractivity contribution in [3.8, 4) is 0 Å². The van der Waals surface area contributed by atoms with Gasteiger partial charge in [0, 0.05) is 5.56 Å². The van der Waals surface area contributed by atoms with Crippen LogP contribution in [0.5, 0.6) is 0 Å². The van der Waals surface area contributed by atoms with Gasteiger partial charge in [-0.3, -0.25) is 0 Å². The van der Waals surface area contributed by atoms with Crippen LogP contribution in [0.15, 0.2) is 12.1 Å². The Morgan fingerprint density at radius 3 is 2.21 bits per heavy atom. The molecule has 7 heteroatoms. The molecule has 0 aliphatic rings. The Morgan fingerprint density at radius 1 is 1.16 bits per heavy atom. The van der Waals surface area contributed by atoms with E-state index < -0.39 is 35.6 Å². The molecular formula is C12H13F6N. The largest absolute Gasteiger partial charge is 0.326 e. The molecule has 19 heavy (non-hydrogen) atoms. The first-order valence-electron chi connectivity index (χ1n) is 5.56. The number of nitrogens with one attached hydrogen (secondary N) is 1. The van der Waals surface area contributed by atoms with Gasteiger partial charge in [0.2, 0.25) is 0 Å². The van der Waals surface area contributed by atoms with Crippen molar-refractivity contribution >= 4 is 0 Å². The summed E-state index contributed by atoms with van der Waals surface area (Å²) in [4.78, 5) is 0. The first-order chi connectivity index (χ1) is 8.71. The summed E-state index contributed by atoms with van der Waals surface area (Å²) < 4.78 is 78.5. The fourth-order valence-corrected chi connectivity index (χ4v) is 1.67. The normalized spacial score (nSPS) is 13.9. The van der Waals surface area contributed by atoms with Crippen LogP contribution in [-0.4, -0.2) is 18.9 Å². The third-order valence-electron chi connectivity index (χ3n) is 2.67. The van der Waals surface area contributed by atoms with Crippen LogP contribution < -0.4 is 5.32 Å². The Morgan fingerprint density at radius 2 is 1.74 bits per heavy atom. The molecule has 108 valence electrons. The van der Waals surface area contributed by atoms with Gasteiger partial charge in [-0.1, -0.05) is 6.92 Å². The molecule has 0 saturated heterocycles. The van der Waals surface area contributed by atoms with Gasteiger partial charge in [-0.05, 0) is 31.2 Å². The SMILES string of the molecule is CCNC(c1cc(F)c(C)cc1F)C(F)(F)C(F)F. The van der Waals surface area contributed by atoms with E-state index in [-0.39, 0.29) is 12.1 Å². The molecule has 0 heterocycles. The lowest BCUT2D eigenvalue weighted by molar-refractivity contribution is -0.151. The van der Waals surface area contributed by atoms with Crippen molar-refractivity contribution in [2.75, 3.05) is 6.54 Å². The molecule has 1 rings (SSSR count). The van der Waals surface area contributed by atoms with E-state index in [1.807, 2.05) is 0 Å². The van der Waals surface area contributed by atoms with Crippen molar-refractivity contribution in [1.82, 2.24) is 5.32 Å². The van der Waals surface area contributed by atoms with Crippen LogP contribution >= 0.6 is 0 Å². The predicted octanol–water partition coefficient (Wildman–Crippen LogP) is 3.82. The van der Waals surface area contributed by atoms with Gasteiger partial charge >= 0.3 is 12.3 Å². The Hall–Kier alpha value is -1.24. The maximum Gasteiger partial charge on any atom is 0.326 e. The van der Waals surface area contributed by atoms with Crippen molar-refractivity contribution in [1.29, 1.82) is 0 Å². The van der Waals surface area contributed by atoms with Gasteiger partial charge in [-0.15, -0.1) is 0 Å². The van der Waals surface area contributed by atoms with Crippen LogP contribution in [0.3, 0.4) is 0 Å². The molecule has 1 unspecified atom stereocenters. The smallest absolute Gasteiger partial charge is 0.305 e. The molecule has 1 N–H and O–H groups in total.